The number of hydrogen-bond acceptors (Lipinski definition) is 0. The Morgan fingerprint density at radius 2 is 1.24 bits per heavy atom. The molecule has 0 aliphatic heterocycles. The van der Waals surface area contributed by atoms with Gasteiger partial charge in [0.25, 0.3) is 0 Å². The maximum absolute atomic E-state index is 4.49. The van der Waals surface area contributed by atoms with E-state index in [0.717, 1.165) is 31.3 Å². The normalized spacial score (nSPS) is 17.1. The lowest BCUT2D eigenvalue weighted by Gasteiger charge is -2.37. The molecule has 14 rings (SSSR count). The Labute approximate surface area is 423 Å². The highest BCUT2D eigenvalue weighted by atomic mass is 15.0. The van der Waals surface area contributed by atoms with E-state index in [2.05, 4.69) is 256 Å². The van der Waals surface area contributed by atoms with Crippen LogP contribution in [0, 0.1) is 0 Å². The van der Waals surface area contributed by atoms with Gasteiger partial charge in [-0.3, -0.25) is 0 Å². The summed E-state index contributed by atoms with van der Waals surface area (Å²) in [5, 5.41) is 2.54. The molecule has 0 amide bonds. The molecule has 4 aliphatic carbocycles. The molecule has 1 heterocycles. The van der Waals surface area contributed by atoms with Crippen LogP contribution in [0.3, 0.4) is 0 Å². The number of nitrogens with zero attached hydrogens (tertiary/aromatic N) is 1. The Hall–Kier alpha value is -8.26. The van der Waals surface area contributed by atoms with Crippen LogP contribution in [0.2, 0.25) is 0 Å². The Kier molecular flexibility index (Phi) is 9.71. The molecule has 2 unspecified atom stereocenters. The average Bonchev–Trinajstić information content (AvgIpc) is 4.14. The summed E-state index contributed by atoms with van der Waals surface area (Å²) in [4.78, 5) is 0. The number of allylic oxidation sites excluding steroid dienone is 6. The summed E-state index contributed by atoms with van der Waals surface area (Å²) in [6.45, 7) is 9.35. The van der Waals surface area contributed by atoms with Crippen LogP contribution in [-0.4, -0.2) is 4.57 Å². The highest BCUT2D eigenvalue weighted by Gasteiger charge is 2.47. The van der Waals surface area contributed by atoms with Crippen molar-refractivity contribution in [2.24, 2.45) is 0 Å². The van der Waals surface area contributed by atoms with Gasteiger partial charge in [-0.25, -0.2) is 0 Å². The molecule has 1 heteroatoms. The molecule has 344 valence electrons. The van der Waals surface area contributed by atoms with Crippen molar-refractivity contribution >= 4 is 33.5 Å². The van der Waals surface area contributed by atoms with E-state index in [-0.39, 0.29) is 16.7 Å². The van der Waals surface area contributed by atoms with Crippen molar-refractivity contribution in [1.82, 2.24) is 4.57 Å². The van der Waals surface area contributed by atoms with Crippen LogP contribution in [0.25, 0.3) is 72.5 Å². The predicted molar refractivity (Wildman–Crippen MR) is 303 cm³/mol. The van der Waals surface area contributed by atoms with Gasteiger partial charge in [0.2, 0.25) is 0 Å². The maximum Gasteiger partial charge on any atom is 0.0676 e. The van der Waals surface area contributed by atoms with Gasteiger partial charge in [-0.05, 0) is 133 Å². The third-order valence-corrected chi connectivity index (χ3v) is 17.0. The largest absolute Gasteiger partial charge is 0.309 e. The van der Waals surface area contributed by atoms with E-state index in [1.807, 2.05) is 0 Å². The fourth-order valence-corrected chi connectivity index (χ4v) is 13.5. The van der Waals surface area contributed by atoms with Crippen LogP contribution in [0.15, 0.2) is 237 Å². The second-order valence-corrected chi connectivity index (χ2v) is 21.1. The Morgan fingerprint density at radius 1 is 0.556 bits per heavy atom. The first-order chi connectivity index (χ1) is 35.4. The van der Waals surface area contributed by atoms with Gasteiger partial charge in [-0.1, -0.05) is 238 Å². The molecule has 0 N–H and O–H groups in total. The molecule has 1 aromatic heterocycles. The number of benzene rings is 9. The zero-order valence-corrected chi connectivity index (χ0v) is 41.0. The summed E-state index contributed by atoms with van der Waals surface area (Å²) in [6, 6.07) is 76.2. The van der Waals surface area contributed by atoms with Crippen molar-refractivity contribution in [3.05, 3.63) is 292 Å². The first-order valence-electron chi connectivity index (χ1n) is 25.9. The minimum Gasteiger partial charge on any atom is -0.309 e. The SMILES string of the molecule is C=C1C=Cc2ccc3c4ccccc4n(-c4ccc5c(c4)C(C)(C)c4cc(CCC(c6ccc(-c7ccccc7)cc6)c6ccc7c(c6)C(C6=CC=CCC6)(c6ccccc6)c6ccccc6-7)ccc4-5)c3c21. The standard InChI is InChI=1S/C71H55N/c1-46-27-30-51-35-41-62-61-24-14-16-26-67(61)72(69(62)68(46)51)55-37-42-59-58-39-29-47(43-64(58)70(2,3)65(59)45-55)28-38-56(50-33-31-49(32-34-50)48-17-7-4-8-18-48)52-36-40-60-57-23-13-15-25-63(57)71(66(60)44-52,53-19-9-5-10-20-53)54-21-11-6-12-22-54/h4-11,13-21,23-27,29-37,39-45,56H,1,12,22,28,38H2,2-3H3. The van der Waals surface area contributed by atoms with E-state index < -0.39 is 0 Å². The topological polar surface area (TPSA) is 4.93 Å². The van der Waals surface area contributed by atoms with Crippen molar-refractivity contribution in [3.63, 3.8) is 0 Å². The second-order valence-electron chi connectivity index (χ2n) is 21.1. The van der Waals surface area contributed by atoms with Crippen LogP contribution in [-0.2, 0) is 17.3 Å². The first-order valence-corrected chi connectivity index (χ1v) is 25.9. The molecule has 9 aromatic carbocycles. The van der Waals surface area contributed by atoms with Gasteiger partial charge >= 0.3 is 0 Å². The van der Waals surface area contributed by atoms with E-state index in [0.29, 0.717) is 0 Å². The van der Waals surface area contributed by atoms with Crippen LogP contribution < -0.4 is 0 Å². The smallest absolute Gasteiger partial charge is 0.0676 e. The highest BCUT2D eigenvalue weighted by Crippen LogP contribution is 2.58. The summed E-state index contributed by atoms with van der Waals surface area (Å²) >= 11 is 0. The van der Waals surface area contributed by atoms with Crippen molar-refractivity contribution in [1.29, 1.82) is 0 Å². The molecule has 0 fully saturated rings. The number of fused-ring (bicyclic) bond motifs is 11. The van der Waals surface area contributed by atoms with Crippen LogP contribution in [0.1, 0.15) is 94.7 Å². The predicted octanol–water partition coefficient (Wildman–Crippen LogP) is 18.2. The van der Waals surface area contributed by atoms with E-state index >= 15 is 0 Å². The molecule has 0 saturated carbocycles. The average molecular weight is 922 g/mol. The minimum atomic E-state index is -0.372. The molecular formula is C71H55N. The Morgan fingerprint density at radius 3 is 2.06 bits per heavy atom. The van der Waals surface area contributed by atoms with Gasteiger partial charge in [-0.15, -0.1) is 0 Å². The molecular weight excluding hydrogens is 867 g/mol. The molecule has 0 spiro atoms. The number of rotatable bonds is 9. The van der Waals surface area contributed by atoms with E-state index in [4.69, 9.17) is 0 Å². The molecule has 4 aliphatic rings. The van der Waals surface area contributed by atoms with Gasteiger partial charge in [0.15, 0.2) is 0 Å². The lowest BCUT2D eigenvalue weighted by atomic mass is 9.65. The zero-order valence-electron chi connectivity index (χ0n) is 41.0. The summed E-state index contributed by atoms with van der Waals surface area (Å²) < 4.78 is 2.49. The molecule has 0 bridgehead atoms. The number of hydrogen-bond donors (Lipinski definition) is 0. The molecule has 72 heavy (non-hydrogen) atoms. The van der Waals surface area contributed by atoms with Gasteiger partial charge < -0.3 is 4.57 Å². The number of aryl methyl sites for hydroxylation is 1. The van der Waals surface area contributed by atoms with Gasteiger partial charge in [0.1, 0.15) is 0 Å². The first kappa shape index (κ1) is 42.6. The summed E-state index contributed by atoms with van der Waals surface area (Å²) in [7, 11) is 0. The third kappa shape index (κ3) is 6.33. The van der Waals surface area contributed by atoms with E-state index in [1.165, 1.54) is 122 Å². The molecule has 10 aromatic rings. The van der Waals surface area contributed by atoms with Crippen molar-refractivity contribution < 1.29 is 0 Å². The van der Waals surface area contributed by atoms with Crippen molar-refractivity contribution in [2.45, 2.75) is 56.3 Å². The summed E-state index contributed by atoms with van der Waals surface area (Å²) in [6.07, 6.45) is 15.4. The lowest BCUT2D eigenvalue weighted by Crippen LogP contribution is -2.30. The van der Waals surface area contributed by atoms with Gasteiger partial charge in [0.05, 0.1) is 16.4 Å². The Bertz CT molecular complexity index is 3950. The quantitative estimate of drug-likeness (QED) is 0.136. The fourth-order valence-electron chi connectivity index (χ4n) is 13.5. The molecule has 1 nitrogen and oxygen atoms in total. The molecule has 0 radical (unpaired) electrons. The van der Waals surface area contributed by atoms with E-state index in [9.17, 15) is 0 Å². The zero-order chi connectivity index (χ0) is 48.1. The van der Waals surface area contributed by atoms with Gasteiger partial charge in [-0.2, -0.15) is 0 Å². The number of para-hydroxylation sites is 1. The third-order valence-electron chi connectivity index (χ3n) is 17.0. The van der Waals surface area contributed by atoms with Crippen molar-refractivity contribution in [2.75, 3.05) is 0 Å². The minimum absolute atomic E-state index is 0.178. The van der Waals surface area contributed by atoms with Gasteiger partial charge in [0, 0.05) is 33.4 Å². The monoisotopic (exact) mass is 921 g/mol. The van der Waals surface area contributed by atoms with Crippen LogP contribution in [0.5, 0.6) is 0 Å². The fraction of sp³-hybridized carbons (Fsp3) is 0.127. The van der Waals surface area contributed by atoms with Crippen molar-refractivity contribution in [3.8, 4) is 39.1 Å². The summed E-state index contributed by atoms with van der Waals surface area (Å²) in [5.41, 5.74) is 27.0. The molecule has 0 saturated heterocycles. The van der Waals surface area contributed by atoms with Crippen LogP contribution in [0.4, 0.5) is 0 Å². The molecule has 2 atom stereocenters. The van der Waals surface area contributed by atoms with E-state index in [1.54, 1.807) is 0 Å². The van der Waals surface area contributed by atoms with Crippen LogP contribution >= 0.6 is 0 Å². The lowest BCUT2D eigenvalue weighted by molar-refractivity contribution is 0.656. The second kappa shape index (κ2) is 16.4. The Balaban J connectivity index is 0.854. The maximum atomic E-state index is 4.49. The summed E-state index contributed by atoms with van der Waals surface area (Å²) in [5.74, 6) is 0.178. The number of aromatic nitrogens is 1. The highest BCUT2D eigenvalue weighted by molar-refractivity contribution is 6.15.